The number of hydrogen-bond acceptors (Lipinski definition) is 4. The summed E-state index contributed by atoms with van der Waals surface area (Å²) in [5.74, 6) is -3.04. The third-order valence-electron chi connectivity index (χ3n) is 5.34. The Morgan fingerprint density at radius 3 is 2.47 bits per heavy atom. The van der Waals surface area contributed by atoms with Crippen molar-refractivity contribution in [3.8, 4) is 17.6 Å². The Kier molecular flexibility index (Phi) is 6.51. The number of nitrogens with zero attached hydrogens (tertiary/aromatic N) is 1. The highest BCUT2D eigenvalue weighted by Gasteiger charge is 2.62. The van der Waals surface area contributed by atoms with Crippen molar-refractivity contribution in [1.82, 2.24) is 0 Å². The van der Waals surface area contributed by atoms with Gasteiger partial charge in [0, 0.05) is 5.56 Å². The van der Waals surface area contributed by atoms with Gasteiger partial charge in [-0.25, -0.2) is 4.39 Å². The molecule has 2 aromatic rings. The molecule has 1 fully saturated rings. The van der Waals surface area contributed by atoms with Crippen molar-refractivity contribution in [2.24, 2.45) is 17.3 Å². The summed E-state index contributed by atoms with van der Waals surface area (Å²) in [6.45, 7) is 3.21. The van der Waals surface area contributed by atoms with Crippen molar-refractivity contribution in [3.05, 3.63) is 71.0 Å². The molecule has 32 heavy (non-hydrogen) atoms. The molecule has 1 saturated carbocycles. The third kappa shape index (κ3) is 5.05. The van der Waals surface area contributed by atoms with Gasteiger partial charge in [-0.2, -0.15) is 18.4 Å². The summed E-state index contributed by atoms with van der Waals surface area (Å²) in [5.41, 5.74) is -0.667. The largest absolute Gasteiger partial charge is 0.454 e. The Bertz CT molecular complexity index is 1080. The lowest BCUT2D eigenvalue weighted by Crippen LogP contribution is -2.15. The number of hydrogen-bond donors (Lipinski definition) is 0. The van der Waals surface area contributed by atoms with Crippen molar-refractivity contribution in [1.29, 1.82) is 5.26 Å². The number of ether oxygens (including phenoxy) is 2. The van der Waals surface area contributed by atoms with Gasteiger partial charge >= 0.3 is 12.1 Å². The number of para-hydroxylation sites is 1. The first-order valence-electron chi connectivity index (χ1n) is 9.52. The fourth-order valence-corrected chi connectivity index (χ4v) is 3.56. The first-order valence-corrected chi connectivity index (χ1v) is 9.90. The Hall–Kier alpha value is -3.05. The molecule has 0 amide bonds. The van der Waals surface area contributed by atoms with Crippen LogP contribution in [0.2, 0.25) is 0 Å². The van der Waals surface area contributed by atoms with E-state index in [2.05, 4.69) is 0 Å². The molecule has 0 heterocycles. The molecule has 0 aliphatic heterocycles. The number of halogens is 5. The molecular weight excluding hydrogens is 450 g/mol. The van der Waals surface area contributed by atoms with Crippen LogP contribution in [0.4, 0.5) is 17.6 Å². The van der Waals surface area contributed by atoms with Crippen molar-refractivity contribution in [2.75, 3.05) is 0 Å². The molecule has 0 saturated heterocycles. The van der Waals surface area contributed by atoms with Gasteiger partial charge in [-0.1, -0.05) is 55.8 Å². The molecule has 168 valence electrons. The second kappa shape index (κ2) is 8.83. The van der Waals surface area contributed by atoms with Gasteiger partial charge in [0.1, 0.15) is 16.9 Å². The van der Waals surface area contributed by atoms with Crippen LogP contribution in [0.15, 0.2) is 59.6 Å². The molecule has 0 radical (unpaired) electrons. The average molecular weight is 468 g/mol. The van der Waals surface area contributed by atoms with Crippen molar-refractivity contribution >= 4 is 17.6 Å². The summed E-state index contributed by atoms with van der Waals surface area (Å²) in [5, 5.41) is 8.17. The lowest BCUT2D eigenvalue weighted by atomic mass is 10.1. The van der Waals surface area contributed by atoms with Crippen molar-refractivity contribution in [2.45, 2.75) is 26.1 Å². The van der Waals surface area contributed by atoms with Crippen LogP contribution in [0, 0.1) is 34.4 Å². The first kappa shape index (κ1) is 23.6. The maximum Gasteiger partial charge on any atom is 0.426 e. The molecule has 0 aromatic heterocycles. The number of esters is 1. The fraction of sp³-hybridized carbons (Fsp3) is 0.304. The molecule has 1 aliphatic carbocycles. The van der Waals surface area contributed by atoms with E-state index < -0.39 is 46.3 Å². The zero-order valence-corrected chi connectivity index (χ0v) is 17.7. The van der Waals surface area contributed by atoms with E-state index in [1.54, 1.807) is 44.2 Å². The first-order chi connectivity index (χ1) is 14.9. The molecule has 1 aliphatic rings. The van der Waals surface area contributed by atoms with Crippen LogP contribution in [0.25, 0.3) is 0 Å². The van der Waals surface area contributed by atoms with Crippen molar-refractivity contribution < 1.29 is 31.8 Å². The minimum Gasteiger partial charge on any atom is -0.454 e. The quantitative estimate of drug-likeness (QED) is 0.351. The molecule has 0 N–H and O–H groups in total. The van der Waals surface area contributed by atoms with Gasteiger partial charge in [0.25, 0.3) is 0 Å². The van der Waals surface area contributed by atoms with E-state index in [9.17, 15) is 27.6 Å². The molecular formula is C23H18ClF4NO3. The summed E-state index contributed by atoms with van der Waals surface area (Å²) in [6, 6.07) is 13.8. The second-order valence-electron chi connectivity index (χ2n) is 7.89. The third-order valence-corrected chi connectivity index (χ3v) is 5.68. The van der Waals surface area contributed by atoms with Gasteiger partial charge in [-0.15, -0.1) is 0 Å². The van der Waals surface area contributed by atoms with E-state index in [1.165, 1.54) is 12.1 Å². The normalized spacial score (nSPS) is 20.8. The molecule has 9 heteroatoms. The topological polar surface area (TPSA) is 59.3 Å². The summed E-state index contributed by atoms with van der Waals surface area (Å²) < 4.78 is 63.1. The molecule has 0 unspecified atom stereocenters. The highest BCUT2D eigenvalue weighted by Crippen LogP contribution is 2.60. The number of alkyl halides is 3. The summed E-state index contributed by atoms with van der Waals surface area (Å²) in [6.07, 6.45) is -5.33. The van der Waals surface area contributed by atoms with Gasteiger partial charge in [-0.05, 0) is 35.6 Å². The average Bonchev–Trinajstić information content (AvgIpc) is 3.27. The summed E-state index contributed by atoms with van der Waals surface area (Å²) in [4.78, 5) is 12.6. The van der Waals surface area contributed by atoms with Crippen molar-refractivity contribution in [3.63, 3.8) is 0 Å². The zero-order valence-electron chi connectivity index (χ0n) is 17.0. The number of benzene rings is 2. The van der Waals surface area contributed by atoms with E-state index in [0.29, 0.717) is 5.75 Å². The molecule has 0 bridgehead atoms. The zero-order chi connectivity index (χ0) is 23.7. The SMILES string of the molecule is CC1(C)[C@H](C(=O)O[C@H](C#N)c2ccc(F)c(Oc3ccccc3)c2)[C@@H]1C=C(Cl)C(F)(F)F. The molecule has 3 rings (SSSR count). The maximum absolute atomic E-state index is 14.2. The van der Waals surface area contributed by atoms with Crippen LogP contribution >= 0.6 is 11.6 Å². The minimum absolute atomic E-state index is 0.159. The van der Waals surface area contributed by atoms with E-state index in [1.807, 2.05) is 6.07 Å². The Balaban J connectivity index is 1.76. The van der Waals surface area contributed by atoms with Gasteiger partial charge < -0.3 is 9.47 Å². The van der Waals surface area contributed by atoms with Crippen LogP contribution in [-0.2, 0) is 9.53 Å². The predicted octanol–water partition coefficient (Wildman–Crippen LogP) is 6.68. The lowest BCUT2D eigenvalue weighted by molar-refractivity contribution is -0.149. The number of carbonyl (C=O) groups excluding carboxylic acids is 1. The molecule has 0 spiro atoms. The van der Waals surface area contributed by atoms with E-state index in [4.69, 9.17) is 21.1 Å². The maximum atomic E-state index is 14.2. The van der Waals surface area contributed by atoms with Gasteiger partial charge in [0.15, 0.2) is 11.6 Å². The number of nitriles is 1. The number of carbonyl (C=O) groups is 1. The van der Waals surface area contributed by atoms with Gasteiger partial charge in [-0.3, -0.25) is 4.79 Å². The van der Waals surface area contributed by atoms with E-state index >= 15 is 0 Å². The van der Waals surface area contributed by atoms with E-state index in [-0.39, 0.29) is 11.3 Å². The highest BCUT2D eigenvalue weighted by molar-refractivity contribution is 6.30. The van der Waals surface area contributed by atoms with Gasteiger partial charge in [0.05, 0.1) is 5.92 Å². The molecule has 2 aromatic carbocycles. The molecule has 3 atom stereocenters. The van der Waals surface area contributed by atoms with Gasteiger partial charge in [0.2, 0.25) is 6.10 Å². The number of allylic oxidation sites excluding steroid dienone is 2. The lowest BCUT2D eigenvalue weighted by Gasteiger charge is -2.14. The second-order valence-corrected chi connectivity index (χ2v) is 8.30. The Morgan fingerprint density at radius 1 is 1.22 bits per heavy atom. The van der Waals surface area contributed by atoms with Crippen LogP contribution in [-0.4, -0.2) is 12.1 Å². The standard InChI is InChI=1S/C23H18ClF4NO3/c1-22(2)15(11-19(24)23(26,27)28)20(22)21(30)32-18(12-29)13-8-9-16(25)17(10-13)31-14-6-4-3-5-7-14/h3-11,15,18,20H,1-2H3/t15-,18+,20-/m0/s1. The van der Waals surface area contributed by atoms with Crippen LogP contribution in [0.1, 0.15) is 25.5 Å². The Labute approximate surface area is 187 Å². The molecule has 4 nitrogen and oxygen atoms in total. The predicted molar refractivity (Wildman–Crippen MR) is 108 cm³/mol. The highest BCUT2D eigenvalue weighted by atomic mass is 35.5. The number of rotatable bonds is 6. The fourth-order valence-electron chi connectivity index (χ4n) is 3.43. The monoisotopic (exact) mass is 467 g/mol. The van der Waals surface area contributed by atoms with Crippen LogP contribution in [0.5, 0.6) is 11.5 Å². The Morgan fingerprint density at radius 2 is 1.88 bits per heavy atom. The minimum atomic E-state index is -4.72. The van der Waals surface area contributed by atoms with E-state index in [0.717, 1.165) is 12.1 Å². The van der Waals surface area contributed by atoms with Crippen LogP contribution < -0.4 is 4.74 Å². The summed E-state index contributed by atoms with van der Waals surface area (Å²) >= 11 is 5.30. The van der Waals surface area contributed by atoms with Crippen LogP contribution in [0.3, 0.4) is 0 Å². The summed E-state index contributed by atoms with van der Waals surface area (Å²) in [7, 11) is 0. The smallest absolute Gasteiger partial charge is 0.426 e.